The van der Waals surface area contributed by atoms with E-state index in [1.165, 1.54) is 11.8 Å². The molecule has 3 aromatic heterocycles. The Morgan fingerprint density at radius 3 is 2.60 bits per heavy atom. The van der Waals surface area contributed by atoms with Crippen molar-refractivity contribution in [3.8, 4) is 0 Å². The lowest BCUT2D eigenvalue weighted by Gasteiger charge is -2.12. The van der Waals surface area contributed by atoms with Gasteiger partial charge in [-0.2, -0.15) is 5.10 Å². The van der Waals surface area contributed by atoms with Crippen molar-refractivity contribution >= 4 is 34.4 Å². The number of carbonyl (C=O) groups is 1. The third kappa shape index (κ3) is 4.04. The Morgan fingerprint density at radius 2 is 1.90 bits per heavy atom. The van der Waals surface area contributed by atoms with Crippen LogP contribution in [-0.2, 0) is 0 Å². The van der Waals surface area contributed by atoms with Gasteiger partial charge in [0.15, 0.2) is 10.8 Å². The van der Waals surface area contributed by atoms with E-state index in [0.29, 0.717) is 16.4 Å². The molecule has 152 valence electrons. The van der Waals surface area contributed by atoms with Gasteiger partial charge in [0.25, 0.3) is 5.91 Å². The molecule has 1 N–H and O–H groups in total. The van der Waals surface area contributed by atoms with Crippen molar-refractivity contribution in [3.63, 3.8) is 0 Å². The minimum atomic E-state index is -0.186. The number of rotatable bonds is 5. The standard InChI is InChI=1S/C22H22N6OS/c1-13(2)28-20-16(12-25-28)11-18(15(4)26-20)21(29)27-19-7-6-17(10-14(19)3)30-22-23-8-5-9-24-22/h5-13H,1-4H3,(H,27,29). The number of anilines is 1. The molecule has 0 aliphatic heterocycles. The van der Waals surface area contributed by atoms with Gasteiger partial charge < -0.3 is 5.32 Å². The van der Waals surface area contributed by atoms with Gasteiger partial charge in [0.2, 0.25) is 0 Å². The number of aromatic nitrogens is 5. The van der Waals surface area contributed by atoms with Crippen LogP contribution in [0.4, 0.5) is 5.69 Å². The summed E-state index contributed by atoms with van der Waals surface area (Å²) in [5.41, 5.74) is 3.73. The van der Waals surface area contributed by atoms with Crippen molar-refractivity contribution in [2.24, 2.45) is 0 Å². The summed E-state index contributed by atoms with van der Waals surface area (Å²) in [6.07, 6.45) is 5.19. The van der Waals surface area contributed by atoms with E-state index < -0.39 is 0 Å². The highest BCUT2D eigenvalue weighted by molar-refractivity contribution is 7.99. The zero-order chi connectivity index (χ0) is 21.3. The highest BCUT2D eigenvalue weighted by Gasteiger charge is 2.16. The first-order valence-corrected chi connectivity index (χ1v) is 10.5. The lowest BCUT2D eigenvalue weighted by Crippen LogP contribution is -2.15. The maximum Gasteiger partial charge on any atom is 0.257 e. The van der Waals surface area contributed by atoms with E-state index in [4.69, 9.17) is 0 Å². The minimum absolute atomic E-state index is 0.186. The van der Waals surface area contributed by atoms with E-state index >= 15 is 0 Å². The van der Waals surface area contributed by atoms with Crippen molar-refractivity contribution < 1.29 is 4.79 Å². The molecule has 0 bridgehead atoms. The first kappa shape index (κ1) is 20.0. The summed E-state index contributed by atoms with van der Waals surface area (Å²) in [6.45, 7) is 7.92. The van der Waals surface area contributed by atoms with Crippen LogP contribution in [0.3, 0.4) is 0 Å². The number of hydrogen-bond donors (Lipinski definition) is 1. The Hall–Kier alpha value is -3.26. The van der Waals surface area contributed by atoms with E-state index in [-0.39, 0.29) is 11.9 Å². The zero-order valence-corrected chi connectivity index (χ0v) is 18.1. The summed E-state index contributed by atoms with van der Waals surface area (Å²) in [5, 5.41) is 8.93. The average Bonchev–Trinajstić information content (AvgIpc) is 3.13. The lowest BCUT2D eigenvalue weighted by atomic mass is 10.1. The molecule has 7 nitrogen and oxygen atoms in total. The topological polar surface area (TPSA) is 85.6 Å². The number of nitrogens with zero attached hydrogens (tertiary/aromatic N) is 5. The fourth-order valence-electron chi connectivity index (χ4n) is 3.15. The molecule has 0 saturated carbocycles. The molecular weight excluding hydrogens is 396 g/mol. The maximum absolute atomic E-state index is 12.9. The number of hydrogen-bond acceptors (Lipinski definition) is 6. The third-order valence-electron chi connectivity index (χ3n) is 4.69. The number of carbonyl (C=O) groups excluding carboxylic acids is 1. The molecule has 0 atom stereocenters. The predicted molar refractivity (Wildman–Crippen MR) is 118 cm³/mol. The quantitative estimate of drug-likeness (QED) is 0.468. The predicted octanol–water partition coefficient (Wildman–Crippen LogP) is 4.82. The van der Waals surface area contributed by atoms with Crippen molar-refractivity contribution in [1.29, 1.82) is 0 Å². The normalized spacial score (nSPS) is 11.2. The van der Waals surface area contributed by atoms with Gasteiger partial charge in [0, 0.05) is 34.4 Å². The molecule has 4 rings (SSSR count). The number of nitrogens with one attached hydrogen (secondary N) is 1. The van der Waals surface area contributed by atoms with Gasteiger partial charge in [0.05, 0.1) is 17.5 Å². The molecule has 4 aromatic rings. The van der Waals surface area contributed by atoms with Crippen LogP contribution in [-0.4, -0.2) is 30.6 Å². The van der Waals surface area contributed by atoms with Gasteiger partial charge in [-0.1, -0.05) is 0 Å². The second kappa shape index (κ2) is 8.23. The molecule has 30 heavy (non-hydrogen) atoms. The monoisotopic (exact) mass is 418 g/mol. The van der Waals surface area contributed by atoms with Crippen LogP contribution >= 0.6 is 11.8 Å². The first-order chi connectivity index (χ1) is 14.4. The van der Waals surface area contributed by atoms with Gasteiger partial charge in [-0.25, -0.2) is 19.6 Å². The van der Waals surface area contributed by atoms with Crippen LogP contribution in [0.1, 0.15) is 41.5 Å². The van der Waals surface area contributed by atoms with Gasteiger partial charge in [-0.15, -0.1) is 0 Å². The summed E-state index contributed by atoms with van der Waals surface area (Å²) in [7, 11) is 0. The van der Waals surface area contributed by atoms with E-state index in [1.54, 1.807) is 24.7 Å². The van der Waals surface area contributed by atoms with Gasteiger partial charge in [-0.05, 0) is 75.4 Å². The summed E-state index contributed by atoms with van der Waals surface area (Å²) < 4.78 is 1.86. The minimum Gasteiger partial charge on any atom is -0.322 e. The maximum atomic E-state index is 12.9. The van der Waals surface area contributed by atoms with Crippen molar-refractivity contribution in [1.82, 2.24) is 24.7 Å². The van der Waals surface area contributed by atoms with E-state index in [1.807, 2.05) is 42.8 Å². The molecule has 0 unspecified atom stereocenters. The highest BCUT2D eigenvalue weighted by atomic mass is 32.2. The number of benzene rings is 1. The van der Waals surface area contributed by atoms with Gasteiger partial charge in [0.1, 0.15) is 0 Å². The molecule has 0 aliphatic rings. The lowest BCUT2D eigenvalue weighted by molar-refractivity contribution is 0.102. The fraction of sp³-hybridized carbons (Fsp3) is 0.227. The number of pyridine rings is 1. The van der Waals surface area contributed by atoms with E-state index in [0.717, 1.165) is 27.2 Å². The third-order valence-corrected chi connectivity index (χ3v) is 5.57. The first-order valence-electron chi connectivity index (χ1n) is 9.64. The average molecular weight is 419 g/mol. The molecule has 0 aliphatic carbocycles. The Balaban J connectivity index is 1.55. The van der Waals surface area contributed by atoms with Gasteiger partial charge >= 0.3 is 0 Å². The van der Waals surface area contributed by atoms with Crippen LogP contribution in [0.15, 0.2) is 59.0 Å². The van der Waals surface area contributed by atoms with Crippen LogP contribution in [0.2, 0.25) is 0 Å². The second-order valence-corrected chi connectivity index (χ2v) is 8.32. The van der Waals surface area contributed by atoms with Crippen molar-refractivity contribution in [2.45, 2.75) is 43.8 Å². The van der Waals surface area contributed by atoms with E-state index in [2.05, 4.69) is 39.2 Å². The SMILES string of the molecule is Cc1cc(Sc2ncccn2)ccc1NC(=O)c1cc2cnn(C(C)C)c2nc1C. The molecule has 0 saturated heterocycles. The summed E-state index contributed by atoms with van der Waals surface area (Å²) in [6, 6.07) is 9.70. The Labute approximate surface area is 179 Å². The van der Waals surface area contributed by atoms with Crippen LogP contribution in [0.25, 0.3) is 11.0 Å². The van der Waals surface area contributed by atoms with Crippen LogP contribution < -0.4 is 5.32 Å². The van der Waals surface area contributed by atoms with Crippen LogP contribution in [0.5, 0.6) is 0 Å². The fourth-order valence-corrected chi connectivity index (χ4v) is 3.96. The second-order valence-electron chi connectivity index (χ2n) is 7.28. The van der Waals surface area contributed by atoms with Gasteiger partial charge in [-0.3, -0.25) is 4.79 Å². The van der Waals surface area contributed by atoms with E-state index in [9.17, 15) is 4.79 Å². The molecule has 8 heteroatoms. The molecule has 0 radical (unpaired) electrons. The summed E-state index contributed by atoms with van der Waals surface area (Å²) in [4.78, 5) is 27.0. The van der Waals surface area contributed by atoms with Crippen molar-refractivity contribution in [2.75, 3.05) is 5.32 Å². The summed E-state index contributed by atoms with van der Waals surface area (Å²) >= 11 is 1.48. The smallest absolute Gasteiger partial charge is 0.257 e. The molecular formula is C22H22N6OS. The number of aryl methyl sites for hydroxylation is 2. The summed E-state index contributed by atoms with van der Waals surface area (Å²) in [5.74, 6) is -0.186. The number of fused-ring (bicyclic) bond motifs is 1. The molecule has 0 spiro atoms. The van der Waals surface area contributed by atoms with Crippen molar-refractivity contribution in [3.05, 3.63) is 65.7 Å². The molecule has 3 heterocycles. The van der Waals surface area contributed by atoms with Crippen LogP contribution in [0, 0.1) is 13.8 Å². The molecule has 0 fully saturated rings. The molecule has 1 amide bonds. The highest BCUT2D eigenvalue weighted by Crippen LogP contribution is 2.28. The number of amides is 1. The molecule has 1 aromatic carbocycles. The largest absolute Gasteiger partial charge is 0.322 e. The Kier molecular flexibility index (Phi) is 5.50. The zero-order valence-electron chi connectivity index (χ0n) is 17.2. The Bertz CT molecular complexity index is 1220. The Morgan fingerprint density at radius 1 is 1.13 bits per heavy atom.